The monoisotopic (exact) mass is 248 g/mol. The number of pyridine rings is 1. The summed E-state index contributed by atoms with van der Waals surface area (Å²) < 4.78 is 14.3. The number of nitrogens with one attached hydrogen (secondary N) is 1. The van der Waals surface area contributed by atoms with Gasteiger partial charge in [-0.2, -0.15) is 9.49 Å². The van der Waals surface area contributed by atoms with E-state index in [0.717, 1.165) is 17.3 Å². The standard InChI is InChI=1S/C12H13FN4O/c1-8-10(7-17(2)16-8)6-15-12(18)9-3-4-11(13)14-5-9/h3-5,7H,6H2,1-2H3,(H,15,18). The first-order valence-corrected chi connectivity index (χ1v) is 5.45. The summed E-state index contributed by atoms with van der Waals surface area (Å²) in [6.45, 7) is 2.26. The fourth-order valence-corrected chi connectivity index (χ4v) is 1.61. The van der Waals surface area contributed by atoms with Gasteiger partial charge in [-0.05, 0) is 19.1 Å². The highest BCUT2D eigenvalue weighted by molar-refractivity contribution is 5.93. The van der Waals surface area contributed by atoms with E-state index in [2.05, 4.69) is 15.4 Å². The van der Waals surface area contributed by atoms with E-state index in [9.17, 15) is 9.18 Å². The van der Waals surface area contributed by atoms with E-state index >= 15 is 0 Å². The number of aryl methyl sites for hydroxylation is 2. The van der Waals surface area contributed by atoms with Gasteiger partial charge in [0.15, 0.2) is 0 Å². The molecule has 0 saturated heterocycles. The van der Waals surface area contributed by atoms with Crippen molar-refractivity contribution in [2.75, 3.05) is 0 Å². The minimum Gasteiger partial charge on any atom is -0.348 e. The lowest BCUT2D eigenvalue weighted by molar-refractivity contribution is 0.0950. The number of hydrogen-bond donors (Lipinski definition) is 1. The number of carbonyl (C=O) groups is 1. The highest BCUT2D eigenvalue weighted by Crippen LogP contribution is 2.05. The highest BCUT2D eigenvalue weighted by Gasteiger charge is 2.08. The van der Waals surface area contributed by atoms with E-state index in [0.29, 0.717) is 12.1 Å². The molecule has 2 aromatic rings. The number of halogens is 1. The molecule has 0 spiro atoms. The highest BCUT2D eigenvalue weighted by atomic mass is 19.1. The summed E-state index contributed by atoms with van der Waals surface area (Å²) >= 11 is 0. The van der Waals surface area contributed by atoms with Gasteiger partial charge in [0.25, 0.3) is 5.91 Å². The topological polar surface area (TPSA) is 59.8 Å². The zero-order valence-corrected chi connectivity index (χ0v) is 10.1. The molecule has 1 N–H and O–H groups in total. The number of carbonyl (C=O) groups excluding carboxylic acids is 1. The molecule has 0 saturated carbocycles. The Bertz CT molecular complexity index is 562. The Morgan fingerprint density at radius 2 is 2.28 bits per heavy atom. The summed E-state index contributed by atoms with van der Waals surface area (Å²) in [5.74, 6) is -0.889. The summed E-state index contributed by atoms with van der Waals surface area (Å²) in [5.41, 5.74) is 2.15. The molecule has 2 heterocycles. The third kappa shape index (κ3) is 2.71. The molecule has 0 unspecified atom stereocenters. The first-order chi connectivity index (χ1) is 8.56. The van der Waals surface area contributed by atoms with Crippen LogP contribution in [0.3, 0.4) is 0 Å². The lowest BCUT2D eigenvalue weighted by Gasteiger charge is -2.03. The van der Waals surface area contributed by atoms with Gasteiger partial charge < -0.3 is 5.32 Å². The van der Waals surface area contributed by atoms with Crippen molar-refractivity contribution in [3.8, 4) is 0 Å². The van der Waals surface area contributed by atoms with Crippen LogP contribution >= 0.6 is 0 Å². The second-order valence-corrected chi connectivity index (χ2v) is 3.97. The van der Waals surface area contributed by atoms with Crippen LogP contribution in [0.5, 0.6) is 0 Å². The Morgan fingerprint density at radius 3 is 2.83 bits per heavy atom. The van der Waals surface area contributed by atoms with E-state index in [1.165, 1.54) is 12.3 Å². The molecule has 0 aliphatic carbocycles. The lowest BCUT2D eigenvalue weighted by atomic mass is 10.2. The molecular formula is C12H13FN4O. The van der Waals surface area contributed by atoms with Crippen molar-refractivity contribution >= 4 is 5.91 Å². The van der Waals surface area contributed by atoms with Crippen LogP contribution in [0.2, 0.25) is 0 Å². The van der Waals surface area contributed by atoms with Gasteiger partial charge in [-0.1, -0.05) is 0 Å². The molecule has 0 radical (unpaired) electrons. The molecule has 2 rings (SSSR count). The molecule has 0 bridgehead atoms. The molecule has 6 heteroatoms. The van der Waals surface area contributed by atoms with Gasteiger partial charge >= 0.3 is 0 Å². The normalized spacial score (nSPS) is 10.4. The summed E-state index contributed by atoms with van der Waals surface area (Å²) in [4.78, 5) is 15.2. The van der Waals surface area contributed by atoms with Crippen molar-refractivity contribution in [3.05, 3.63) is 47.3 Å². The summed E-state index contributed by atoms with van der Waals surface area (Å²) in [5, 5.41) is 6.91. The number of nitrogens with zero attached hydrogens (tertiary/aromatic N) is 3. The number of hydrogen-bond acceptors (Lipinski definition) is 3. The van der Waals surface area contributed by atoms with Crippen LogP contribution in [0.15, 0.2) is 24.5 Å². The smallest absolute Gasteiger partial charge is 0.253 e. The average molecular weight is 248 g/mol. The van der Waals surface area contributed by atoms with Crippen LogP contribution in [0.25, 0.3) is 0 Å². The third-order valence-corrected chi connectivity index (χ3v) is 2.54. The van der Waals surface area contributed by atoms with E-state index in [1.54, 1.807) is 4.68 Å². The van der Waals surface area contributed by atoms with Gasteiger partial charge in [0, 0.05) is 31.5 Å². The van der Waals surface area contributed by atoms with Crippen molar-refractivity contribution in [3.63, 3.8) is 0 Å². The SMILES string of the molecule is Cc1nn(C)cc1CNC(=O)c1ccc(F)nc1. The number of amides is 1. The zero-order valence-electron chi connectivity index (χ0n) is 10.1. The average Bonchev–Trinajstić information content (AvgIpc) is 2.66. The molecule has 0 aliphatic rings. The minimum atomic E-state index is -0.602. The number of rotatable bonds is 3. The van der Waals surface area contributed by atoms with Crippen LogP contribution in [0.1, 0.15) is 21.6 Å². The van der Waals surface area contributed by atoms with E-state index in [4.69, 9.17) is 0 Å². The maximum absolute atomic E-state index is 12.6. The number of aromatic nitrogens is 3. The van der Waals surface area contributed by atoms with Crippen LogP contribution in [-0.2, 0) is 13.6 Å². The third-order valence-electron chi connectivity index (χ3n) is 2.54. The zero-order chi connectivity index (χ0) is 13.1. The van der Waals surface area contributed by atoms with Crippen molar-refractivity contribution in [1.29, 1.82) is 0 Å². The van der Waals surface area contributed by atoms with Crippen LogP contribution in [-0.4, -0.2) is 20.7 Å². The molecule has 0 fully saturated rings. The molecular weight excluding hydrogens is 235 g/mol. The van der Waals surface area contributed by atoms with E-state index < -0.39 is 5.95 Å². The molecule has 0 aromatic carbocycles. The predicted molar refractivity (Wildman–Crippen MR) is 63.3 cm³/mol. The van der Waals surface area contributed by atoms with Crippen molar-refractivity contribution in [1.82, 2.24) is 20.1 Å². The molecule has 0 atom stereocenters. The van der Waals surface area contributed by atoms with Gasteiger partial charge in [0.05, 0.1) is 11.3 Å². The van der Waals surface area contributed by atoms with Gasteiger partial charge in [0.2, 0.25) is 5.95 Å². The Hall–Kier alpha value is -2.24. The molecule has 5 nitrogen and oxygen atoms in total. The fourth-order valence-electron chi connectivity index (χ4n) is 1.61. The Morgan fingerprint density at radius 1 is 1.50 bits per heavy atom. The molecule has 18 heavy (non-hydrogen) atoms. The maximum Gasteiger partial charge on any atom is 0.253 e. The van der Waals surface area contributed by atoms with E-state index in [1.807, 2.05) is 20.2 Å². The Labute approximate surface area is 104 Å². The van der Waals surface area contributed by atoms with Gasteiger partial charge in [0.1, 0.15) is 0 Å². The molecule has 94 valence electrons. The van der Waals surface area contributed by atoms with Crippen molar-refractivity contribution in [2.45, 2.75) is 13.5 Å². The van der Waals surface area contributed by atoms with Crippen molar-refractivity contribution < 1.29 is 9.18 Å². The summed E-state index contributed by atoms with van der Waals surface area (Å²) in [7, 11) is 1.82. The maximum atomic E-state index is 12.6. The Balaban J connectivity index is 2.00. The van der Waals surface area contributed by atoms with Crippen LogP contribution in [0, 0.1) is 12.9 Å². The van der Waals surface area contributed by atoms with Gasteiger partial charge in [-0.3, -0.25) is 9.48 Å². The van der Waals surface area contributed by atoms with Gasteiger partial charge in [-0.25, -0.2) is 4.98 Å². The fraction of sp³-hybridized carbons (Fsp3) is 0.250. The summed E-state index contributed by atoms with van der Waals surface area (Å²) in [6, 6.07) is 2.55. The largest absolute Gasteiger partial charge is 0.348 e. The minimum absolute atomic E-state index is 0.286. The summed E-state index contributed by atoms with van der Waals surface area (Å²) in [6.07, 6.45) is 3.05. The second-order valence-electron chi connectivity index (χ2n) is 3.97. The lowest BCUT2D eigenvalue weighted by Crippen LogP contribution is -2.23. The first kappa shape index (κ1) is 12.2. The second kappa shape index (κ2) is 4.95. The quantitative estimate of drug-likeness (QED) is 0.830. The molecule has 1 amide bonds. The predicted octanol–water partition coefficient (Wildman–Crippen LogP) is 1.19. The van der Waals surface area contributed by atoms with Gasteiger partial charge in [-0.15, -0.1) is 0 Å². The van der Waals surface area contributed by atoms with Crippen molar-refractivity contribution in [2.24, 2.45) is 7.05 Å². The van der Waals surface area contributed by atoms with Crippen LogP contribution < -0.4 is 5.32 Å². The molecule has 2 aromatic heterocycles. The molecule has 0 aliphatic heterocycles. The van der Waals surface area contributed by atoms with E-state index in [-0.39, 0.29) is 5.91 Å². The first-order valence-electron chi connectivity index (χ1n) is 5.45. The van der Waals surface area contributed by atoms with Crippen LogP contribution in [0.4, 0.5) is 4.39 Å². The Kier molecular flexibility index (Phi) is 3.36.